The van der Waals surface area contributed by atoms with Gasteiger partial charge >= 0.3 is 0 Å². The molecule has 0 atom stereocenters. The molecule has 0 aliphatic rings. The van der Waals surface area contributed by atoms with Gasteiger partial charge in [0, 0.05) is 6.07 Å². The van der Waals surface area contributed by atoms with Crippen molar-refractivity contribution in [2.45, 2.75) is 4.90 Å². The molecule has 1 aromatic carbocycles. The third-order valence-corrected chi connectivity index (χ3v) is 2.35. The Morgan fingerprint density at radius 1 is 1.15 bits per heavy atom. The van der Waals surface area contributed by atoms with Crippen molar-refractivity contribution >= 4 is 21.5 Å². The summed E-state index contributed by atoms with van der Waals surface area (Å²) in [5.74, 6) is -0.329. The summed E-state index contributed by atoms with van der Waals surface area (Å²) in [4.78, 5) is -0.511. The molecule has 6 N–H and O–H groups in total. The van der Waals surface area contributed by atoms with Gasteiger partial charge in [-0.2, -0.15) is 8.42 Å². The van der Waals surface area contributed by atoms with Gasteiger partial charge in [0.1, 0.15) is 10.6 Å². The molecule has 72 valence electrons. The minimum atomic E-state index is -4.39. The molecule has 0 aromatic heterocycles. The van der Waals surface area contributed by atoms with Crippen LogP contribution in [0.15, 0.2) is 17.0 Å². The van der Waals surface area contributed by atoms with Crippen molar-refractivity contribution in [1.82, 2.24) is 0 Å². The van der Waals surface area contributed by atoms with Gasteiger partial charge < -0.3 is 16.6 Å². The van der Waals surface area contributed by atoms with E-state index in [9.17, 15) is 8.42 Å². The van der Waals surface area contributed by atoms with Crippen molar-refractivity contribution in [1.29, 1.82) is 0 Å². The van der Waals surface area contributed by atoms with E-state index in [0.29, 0.717) is 0 Å². The first kappa shape index (κ1) is 9.62. The maximum atomic E-state index is 10.7. The normalized spacial score (nSPS) is 11.5. The van der Waals surface area contributed by atoms with E-state index in [-0.39, 0.29) is 17.1 Å². The number of phenols is 1. The number of nitrogen functional groups attached to an aromatic ring is 2. The third kappa shape index (κ3) is 1.82. The molecule has 7 heteroatoms. The van der Waals surface area contributed by atoms with Crippen LogP contribution >= 0.6 is 0 Å². The largest absolute Gasteiger partial charge is 0.506 e. The summed E-state index contributed by atoms with van der Waals surface area (Å²) in [6.45, 7) is 0. The van der Waals surface area contributed by atoms with Crippen molar-refractivity contribution < 1.29 is 18.1 Å². The van der Waals surface area contributed by atoms with E-state index >= 15 is 0 Å². The van der Waals surface area contributed by atoms with Crippen LogP contribution in [0.4, 0.5) is 11.4 Å². The van der Waals surface area contributed by atoms with E-state index in [0.717, 1.165) is 12.1 Å². The summed E-state index contributed by atoms with van der Waals surface area (Å²) in [5, 5.41) is 9.01. The molecule has 0 fully saturated rings. The first-order valence-corrected chi connectivity index (χ1v) is 4.62. The zero-order chi connectivity index (χ0) is 10.2. The van der Waals surface area contributed by atoms with Gasteiger partial charge in [-0.15, -0.1) is 0 Å². The van der Waals surface area contributed by atoms with Gasteiger partial charge in [-0.05, 0) is 6.07 Å². The SMILES string of the molecule is Nc1cc(S(=O)(=O)O)c(N)cc1O. The molecular formula is C6H8N2O4S. The smallest absolute Gasteiger partial charge is 0.296 e. The summed E-state index contributed by atoms with van der Waals surface area (Å²) in [5.41, 5.74) is 10.0. The average molecular weight is 204 g/mol. The first-order valence-electron chi connectivity index (χ1n) is 3.18. The summed E-state index contributed by atoms with van der Waals surface area (Å²) in [6.07, 6.45) is 0. The van der Waals surface area contributed by atoms with Crippen LogP contribution in [0.5, 0.6) is 5.75 Å². The molecule has 0 unspecified atom stereocenters. The third-order valence-electron chi connectivity index (χ3n) is 1.44. The lowest BCUT2D eigenvalue weighted by Crippen LogP contribution is -2.04. The maximum absolute atomic E-state index is 10.7. The molecule has 0 aliphatic carbocycles. The highest BCUT2D eigenvalue weighted by Gasteiger charge is 2.15. The number of rotatable bonds is 1. The quantitative estimate of drug-likeness (QED) is 0.285. The Morgan fingerprint density at radius 3 is 2.15 bits per heavy atom. The molecule has 0 spiro atoms. The predicted molar refractivity (Wildman–Crippen MR) is 46.7 cm³/mol. The van der Waals surface area contributed by atoms with Gasteiger partial charge in [0.2, 0.25) is 0 Å². The Bertz CT molecular complexity index is 440. The minimum Gasteiger partial charge on any atom is -0.506 e. The van der Waals surface area contributed by atoms with Crippen LogP contribution in [0.25, 0.3) is 0 Å². The van der Waals surface area contributed by atoms with Crippen molar-refractivity contribution in [2.24, 2.45) is 0 Å². The molecule has 0 bridgehead atoms. The van der Waals surface area contributed by atoms with Gasteiger partial charge in [-0.3, -0.25) is 4.55 Å². The van der Waals surface area contributed by atoms with Crippen molar-refractivity contribution in [3.63, 3.8) is 0 Å². The Balaban J connectivity index is 3.50. The van der Waals surface area contributed by atoms with Crippen LogP contribution in [-0.4, -0.2) is 18.1 Å². The predicted octanol–water partition coefficient (Wildman–Crippen LogP) is -0.197. The Hall–Kier alpha value is -1.47. The highest BCUT2D eigenvalue weighted by Crippen LogP contribution is 2.28. The van der Waals surface area contributed by atoms with Gasteiger partial charge in [0.15, 0.2) is 0 Å². The summed E-state index contributed by atoms with van der Waals surface area (Å²) < 4.78 is 30.0. The molecule has 0 radical (unpaired) electrons. The average Bonchev–Trinajstić information content (AvgIpc) is 1.94. The lowest BCUT2D eigenvalue weighted by atomic mass is 10.2. The standard InChI is InChI=1S/C6H8N2O4S/c7-3-2-6(13(10,11)12)4(8)1-5(3)9/h1-2,9H,7-8H2,(H,10,11,12). The fourth-order valence-corrected chi connectivity index (χ4v) is 1.46. The van der Waals surface area contributed by atoms with E-state index in [1.165, 1.54) is 0 Å². The molecule has 0 saturated heterocycles. The second kappa shape index (κ2) is 2.79. The zero-order valence-corrected chi connectivity index (χ0v) is 7.25. The monoisotopic (exact) mass is 204 g/mol. The van der Waals surface area contributed by atoms with Crippen LogP contribution < -0.4 is 11.5 Å². The zero-order valence-electron chi connectivity index (χ0n) is 6.43. The number of phenolic OH excluding ortho intramolecular Hbond substituents is 1. The second-order valence-corrected chi connectivity index (χ2v) is 3.81. The van der Waals surface area contributed by atoms with E-state index in [4.69, 9.17) is 21.1 Å². The molecule has 13 heavy (non-hydrogen) atoms. The fourth-order valence-electron chi connectivity index (χ4n) is 0.824. The number of nitrogens with two attached hydrogens (primary N) is 2. The van der Waals surface area contributed by atoms with E-state index in [1.54, 1.807) is 0 Å². The van der Waals surface area contributed by atoms with E-state index in [2.05, 4.69) is 0 Å². The fraction of sp³-hybridized carbons (Fsp3) is 0. The van der Waals surface area contributed by atoms with Crippen LogP contribution in [0, 0.1) is 0 Å². The van der Waals surface area contributed by atoms with Crippen molar-refractivity contribution in [3.8, 4) is 5.75 Å². The van der Waals surface area contributed by atoms with Gasteiger partial charge in [-0.1, -0.05) is 0 Å². The second-order valence-electron chi connectivity index (χ2n) is 2.42. The summed E-state index contributed by atoms with van der Waals surface area (Å²) >= 11 is 0. The van der Waals surface area contributed by atoms with Crippen molar-refractivity contribution in [3.05, 3.63) is 12.1 Å². The lowest BCUT2D eigenvalue weighted by molar-refractivity contribution is 0.476. The Labute approximate surface area is 74.5 Å². The van der Waals surface area contributed by atoms with Crippen LogP contribution in [-0.2, 0) is 10.1 Å². The van der Waals surface area contributed by atoms with Gasteiger partial charge in [0.25, 0.3) is 10.1 Å². The molecule has 0 aliphatic heterocycles. The van der Waals surface area contributed by atoms with Crippen LogP contribution in [0.1, 0.15) is 0 Å². The Morgan fingerprint density at radius 2 is 1.69 bits per heavy atom. The molecule has 0 amide bonds. The molecular weight excluding hydrogens is 196 g/mol. The highest BCUT2D eigenvalue weighted by molar-refractivity contribution is 7.86. The first-order chi connectivity index (χ1) is 5.82. The summed E-state index contributed by atoms with van der Waals surface area (Å²) in [6, 6.07) is 1.85. The van der Waals surface area contributed by atoms with Gasteiger partial charge in [-0.25, -0.2) is 0 Å². The topological polar surface area (TPSA) is 127 Å². The van der Waals surface area contributed by atoms with E-state index in [1.807, 2.05) is 0 Å². The lowest BCUT2D eigenvalue weighted by Gasteiger charge is -2.04. The highest BCUT2D eigenvalue weighted by atomic mass is 32.2. The molecule has 0 saturated carbocycles. The van der Waals surface area contributed by atoms with Crippen LogP contribution in [0.3, 0.4) is 0 Å². The number of hydrogen-bond acceptors (Lipinski definition) is 5. The molecule has 1 aromatic rings. The van der Waals surface area contributed by atoms with Gasteiger partial charge in [0.05, 0.1) is 11.4 Å². The summed E-state index contributed by atoms with van der Waals surface area (Å²) in [7, 11) is -4.39. The number of aromatic hydroxyl groups is 1. The minimum absolute atomic E-state index is 0.165. The van der Waals surface area contributed by atoms with Crippen molar-refractivity contribution in [2.75, 3.05) is 11.5 Å². The number of benzene rings is 1. The molecule has 0 heterocycles. The molecule has 1 rings (SSSR count). The number of anilines is 2. The maximum Gasteiger partial charge on any atom is 0.296 e. The van der Waals surface area contributed by atoms with Crippen LogP contribution in [0.2, 0.25) is 0 Å². The van der Waals surface area contributed by atoms with E-state index < -0.39 is 15.0 Å². The molecule has 6 nitrogen and oxygen atoms in total. The Kier molecular flexibility index (Phi) is 2.06. The number of hydrogen-bond donors (Lipinski definition) is 4.